The van der Waals surface area contributed by atoms with Gasteiger partial charge in [-0.05, 0) is 60.2 Å². The molecule has 0 saturated heterocycles. The average Bonchev–Trinajstić information content (AvgIpc) is 3.25. The third-order valence-electron chi connectivity index (χ3n) is 6.28. The fourth-order valence-corrected chi connectivity index (χ4v) is 4.49. The van der Waals surface area contributed by atoms with E-state index in [1.165, 1.54) is 4.80 Å². The number of ether oxygens (including phenoxy) is 1. The summed E-state index contributed by atoms with van der Waals surface area (Å²) in [5.74, 6) is -0.250. The molecule has 198 valence electrons. The van der Waals surface area contributed by atoms with Gasteiger partial charge < -0.3 is 14.9 Å². The SMILES string of the molecule is C=C(C)C(=O)OCCc1cc(Cc2cc(C)cc(C(C)(C)C)c2O)c(O)c(-n2nc3ccc(Cl)cc3n2)c1. The van der Waals surface area contributed by atoms with E-state index in [2.05, 4.69) is 16.8 Å². The van der Waals surface area contributed by atoms with E-state index >= 15 is 0 Å². The molecular formula is C30H32ClN3O4. The number of benzene rings is 3. The number of halogens is 1. The Balaban J connectivity index is 1.79. The summed E-state index contributed by atoms with van der Waals surface area (Å²) in [5, 5.41) is 32.1. The monoisotopic (exact) mass is 533 g/mol. The van der Waals surface area contributed by atoms with Crippen LogP contribution in [0.5, 0.6) is 11.5 Å². The highest BCUT2D eigenvalue weighted by Crippen LogP contribution is 2.37. The minimum absolute atomic E-state index is 0.00250. The number of hydrogen-bond donors (Lipinski definition) is 2. The Labute approximate surface area is 227 Å². The molecule has 2 N–H and O–H groups in total. The molecule has 38 heavy (non-hydrogen) atoms. The van der Waals surface area contributed by atoms with Crippen molar-refractivity contribution in [1.82, 2.24) is 15.0 Å². The van der Waals surface area contributed by atoms with Crippen LogP contribution in [0.15, 0.2) is 54.6 Å². The van der Waals surface area contributed by atoms with Gasteiger partial charge in [0.15, 0.2) is 0 Å². The van der Waals surface area contributed by atoms with Gasteiger partial charge in [-0.1, -0.05) is 62.7 Å². The maximum atomic E-state index is 11.9. The molecule has 7 nitrogen and oxygen atoms in total. The molecule has 0 atom stereocenters. The van der Waals surface area contributed by atoms with Gasteiger partial charge >= 0.3 is 5.97 Å². The molecule has 0 saturated carbocycles. The Kier molecular flexibility index (Phi) is 7.51. The van der Waals surface area contributed by atoms with Crippen molar-refractivity contribution < 1.29 is 19.7 Å². The quantitative estimate of drug-likeness (QED) is 0.212. The van der Waals surface area contributed by atoms with Gasteiger partial charge in [-0.3, -0.25) is 0 Å². The van der Waals surface area contributed by atoms with E-state index in [-0.39, 0.29) is 29.9 Å². The number of rotatable bonds is 7. The molecule has 0 amide bonds. The number of phenols is 2. The van der Waals surface area contributed by atoms with E-state index < -0.39 is 5.97 Å². The molecule has 8 heteroatoms. The van der Waals surface area contributed by atoms with Crippen molar-refractivity contribution >= 4 is 28.6 Å². The zero-order chi connectivity index (χ0) is 27.8. The first-order valence-corrected chi connectivity index (χ1v) is 12.7. The summed E-state index contributed by atoms with van der Waals surface area (Å²) >= 11 is 6.13. The van der Waals surface area contributed by atoms with E-state index in [0.717, 1.165) is 16.7 Å². The van der Waals surface area contributed by atoms with Gasteiger partial charge in [-0.2, -0.15) is 0 Å². The number of fused-ring (bicyclic) bond motifs is 1. The molecule has 0 radical (unpaired) electrons. The fraction of sp³-hybridized carbons (Fsp3) is 0.300. The highest BCUT2D eigenvalue weighted by molar-refractivity contribution is 6.31. The van der Waals surface area contributed by atoms with Crippen LogP contribution < -0.4 is 0 Å². The zero-order valence-electron chi connectivity index (χ0n) is 22.3. The summed E-state index contributed by atoms with van der Waals surface area (Å²) in [6.45, 7) is 13.5. The largest absolute Gasteiger partial charge is 0.507 e. The van der Waals surface area contributed by atoms with Crippen LogP contribution in [0.1, 0.15) is 55.5 Å². The molecule has 3 aromatic carbocycles. The number of carbonyl (C=O) groups is 1. The van der Waals surface area contributed by atoms with Crippen molar-refractivity contribution in [2.24, 2.45) is 0 Å². The van der Waals surface area contributed by atoms with E-state index in [1.54, 1.807) is 31.2 Å². The molecule has 4 rings (SSSR count). The fourth-order valence-electron chi connectivity index (χ4n) is 4.32. The van der Waals surface area contributed by atoms with E-state index in [0.29, 0.717) is 44.9 Å². The third kappa shape index (κ3) is 5.83. The second kappa shape index (κ2) is 10.5. The number of hydrogen-bond acceptors (Lipinski definition) is 6. The lowest BCUT2D eigenvalue weighted by Gasteiger charge is -2.23. The Hall–Kier alpha value is -3.84. The standard InChI is InChI=1S/C30H32ClN3O4/c1-17(2)29(37)38-10-9-19-13-21(15-20-11-18(3)12-23(27(20)35)30(4,5)6)28(36)26(14-19)34-32-24-8-7-22(31)16-25(24)33-34/h7-8,11-14,16,35-36H,1,9-10,15H2,2-6H3. The molecule has 1 aromatic heterocycles. The molecule has 4 aromatic rings. The molecule has 1 heterocycles. The van der Waals surface area contributed by atoms with Crippen molar-refractivity contribution in [3.63, 3.8) is 0 Å². The number of esters is 1. The van der Waals surface area contributed by atoms with Gasteiger partial charge in [-0.15, -0.1) is 15.0 Å². The highest BCUT2D eigenvalue weighted by atomic mass is 35.5. The van der Waals surface area contributed by atoms with Gasteiger partial charge in [0.1, 0.15) is 28.2 Å². The minimum Gasteiger partial charge on any atom is -0.507 e. The van der Waals surface area contributed by atoms with Crippen LogP contribution >= 0.6 is 11.6 Å². The number of aromatic hydroxyl groups is 2. The first kappa shape index (κ1) is 27.2. The van der Waals surface area contributed by atoms with Crippen LogP contribution in [0, 0.1) is 6.92 Å². The van der Waals surface area contributed by atoms with Crippen molar-refractivity contribution in [2.45, 2.75) is 52.9 Å². The van der Waals surface area contributed by atoms with Gasteiger partial charge in [-0.25, -0.2) is 4.79 Å². The van der Waals surface area contributed by atoms with Crippen LogP contribution in [-0.4, -0.2) is 37.8 Å². The molecule has 0 aliphatic rings. The lowest BCUT2D eigenvalue weighted by atomic mass is 9.83. The number of aromatic nitrogens is 3. The number of aryl methyl sites for hydroxylation is 1. The van der Waals surface area contributed by atoms with Gasteiger partial charge in [0.25, 0.3) is 0 Å². The summed E-state index contributed by atoms with van der Waals surface area (Å²) in [5.41, 5.74) is 5.61. The van der Waals surface area contributed by atoms with E-state index in [4.69, 9.17) is 16.3 Å². The number of carbonyl (C=O) groups excluding carboxylic acids is 1. The molecule has 0 unspecified atom stereocenters. The molecule has 0 fully saturated rings. The number of nitrogens with zero attached hydrogens (tertiary/aromatic N) is 3. The van der Waals surface area contributed by atoms with Gasteiger partial charge in [0.2, 0.25) is 0 Å². The zero-order valence-corrected chi connectivity index (χ0v) is 23.1. The van der Waals surface area contributed by atoms with Crippen LogP contribution in [0.4, 0.5) is 0 Å². The minimum atomic E-state index is -0.458. The maximum Gasteiger partial charge on any atom is 0.333 e. The Bertz CT molecular complexity index is 1550. The van der Waals surface area contributed by atoms with Crippen LogP contribution in [0.2, 0.25) is 5.02 Å². The van der Waals surface area contributed by atoms with E-state index in [9.17, 15) is 15.0 Å². The summed E-state index contributed by atoms with van der Waals surface area (Å²) in [6.07, 6.45) is 0.681. The molecule has 0 bridgehead atoms. The first-order chi connectivity index (χ1) is 17.8. The van der Waals surface area contributed by atoms with Crippen molar-refractivity contribution in [2.75, 3.05) is 6.61 Å². The molecule has 0 spiro atoms. The Morgan fingerprint density at radius 3 is 2.39 bits per heavy atom. The van der Waals surface area contributed by atoms with Crippen molar-refractivity contribution in [1.29, 1.82) is 0 Å². The molecule has 0 aliphatic heterocycles. The average molecular weight is 534 g/mol. The second-order valence-corrected chi connectivity index (χ2v) is 11.1. The predicted molar refractivity (Wildman–Crippen MR) is 149 cm³/mol. The van der Waals surface area contributed by atoms with Crippen LogP contribution in [-0.2, 0) is 27.8 Å². The Morgan fingerprint density at radius 2 is 1.71 bits per heavy atom. The topological polar surface area (TPSA) is 97.5 Å². The predicted octanol–water partition coefficient (Wildman–Crippen LogP) is 6.34. The van der Waals surface area contributed by atoms with E-state index in [1.807, 2.05) is 45.9 Å². The Morgan fingerprint density at radius 1 is 1.03 bits per heavy atom. The normalized spacial score (nSPS) is 11.6. The van der Waals surface area contributed by atoms with Crippen LogP contribution in [0.25, 0.3) is 16.7 Å². The molecule has 0 aliphatic carbocycles. The number of phenolic OH excluding ortho intramolecular Hbond substituents is 2. The third-order valence-corrected chi connectivity index (χ3v) is 6.52. The van der Waals surface area contributed by atoms with Crippen molar-refractivity contribution in [3.05, 3.63) is 87.5 Å². The van der Waals surface area contributed by atoms with Gasteiger partial charge in [0.05, 0.1) is 6.61 Å². The van der Waals surface area contributed by atoms with Gasteiger partial charge in [0, 0.05) is 29.0 Å². The lowest BCUT2D eigenvalue weighted by molar-refractivity contribution is -0.138. The molecular weight excluding hydrogens is 502 g/mol. The lowest BCUT2D eigenvalue weighted by Crippen LogP contribution is -2.13. The summed E-state index contributed by atoms with van der Waals surface area (Å²) in [7, 11) is 0. The summed E-state index contributed by atoms with van der Waals surface area (Å²) in [4.78, 5) is 13.2. The highest BCUT2D eigenvalue weighted by Gasteiger charge is 2.22. The summed E-state index contributed by atoms with van der Waals surface area (Å²) in [6, 6.07) is 12.7. The first-order valence-electron chi connectivity index (χ1n) is 12.4. The smallest absolute Gasteiger partial charge is 0.333 e. The summed E-state index contributed by atoms with van der Waals surface area (Å²) < 4.78 is 5.30. The second-order valence-electron chi connectivity index (χ2n) is 10.7. The van der Waals surface area contributed by atoms with Crippen LogP contribution in [0.3, 0.4) is 0 Å². The van der Waals surface area contributed by atoms with Crippen molar-refractivity contribution in [3.8, 4) is 17.2 Å². The maximum absolute atomic E-state index is 11.9.